The van der Waals surface area contributed by atoms with Crippen LogP contribution in [0.5, 0.6) is 11.5 Å². The number of carbonyl (C=O) groups is 1. The van der Waals surface area contributed by atoms with Crippen molar-refractivity contribution in [2.24, 2.45) is 0 Å². The number of aromatic amines is 1. The summed E-state index contributed by atoms with van der Waals surface area (Å²) in [4.78, 5) is 15.3. The van der Waals surface area contributed by atoms with Crippen molar-refractivity contribution in [3.63, 3.8) is 0 Å². The molecule has 6 heteroatoms. The van der Waals surface area contributed by atoms with Crippen molar-refractivity contribution in [2.45, 2.75) is 6.42 Å². The highest BCUT2D eigenvalue weighted by Gasteiger charge is 2.06. The molecule has 140 valence electrons. The highest BCUT2D eigenvalue weighted by molar-refractivity contribution is 6.31. The van der Waals surface area contributed by atoms with Gasteiger partial charge in [0.2, 0.25) is 5.91 Å². The van der Waals surface area contributed by atoms with E-state index in [2.05, 4.69) is 10.3 Å². The fraction of sp³-hybridized carbons (Fsp3) is 0.190. The number of fused-ring (bicyclic) bond motifs is 1. The first-order chi connectivity index (χ1) is 13.1. The number of nitrogens with one attached hydrogen (secondary N) is 2. The Kier molecular flexibility index (Phi) is 6.04. The van der Waals surface area contributed by atoms with Gasteiger partial charge >= 0.3 is 0 Å². The average molecular weight is 385 g/mol. The molecule has 0 aliphatic heterocycles. The lowest BCUT2D eigenvalue weighted by Gasteiger charge is -2.07. The summed E-state index contributed by atoms with van der Waals surface area (Å²) in [6, 6.07) is 11.2. The number of H-pyrrole nitrogens is 1. The summed E-state index contributed by atoms with van der Waals surface area (Å²) in [7, 11) is 3.17. The first-order valence-electron chi connectivity index (χ1n) is 8.54. The molecule has 0 aliphatic carbocycles. The quantitative estimate of drug-likeness (QED) is 0.600. The van der Waals surface area contributed by atoms with Crippen LogP contribution in [0.3, 0.4) is 0 Å². The van der Waals surface area contributed by atoms with Gasteiger partial charge in [-0.3, -0.25) is 4.79 Å². The third-order valence-electron chi connectivity index (χ3n) is 4.26. The zero-order chi connectivity index (χ0) is 19.2. The van der Waals surface area contributed by atoms with Crippen molar-refractivity contribution < 1.29 is 14.3 Å². The molecule has 1 amide bonds. The number of rotatable bonds is 7. The van der Waals surface area contributed by atoms with E-state index in [4.69, 9.17) is 21.1 Å². The summed E-state index contributed by atoms with van der Waals surface area (Å²) in [6.07, 6.45) is 5.92. The molecule has 0 spiro atoms. The Morgan fingerprint density at radius 2 is 1.96 bits per heavy atom. The van der Waals surface area contributed by atoms with E-state index in [1.807, 2.05) is 36.5 Å². The summed E-state index contributed by atoms with van der Waals surface area (Å²) in [5.41, 5.74) is 3.01. The number of hydrogen-bond acceptors (Lipinski definition) is 3. The molecule has 1 heterocycles. The number of ether oxygens (including phenoxy) is 2. The van der Waals surface area contributed by atoms with Crippen LogP contribution >= 0.6 is 11.6 Å². The van der Waals surface area contributed by atoms with Gasteiger partial charge in [-0.05, 0) is 54.0 Å². The lowest BCUT2D eigenvalue weighted by molar-refractivity contribution is -0.116. The third-order valence-corrected chi connectivity index (χ3v) is 4.49. The van der Waals surface area contributed by atoms with E-state index >= 15 is 0 Å². The van der Waals surface area contributed by atoms with Crippen LogP contribution in [0.4, 0.5) is 0 Å². The van der Waals surface area contributed by atoms with E-state index in [1.165, 1.54) is 6.08 Å². The minimum Gasteiger partial charge on any atom is -0.493 e. The molecule has 2 aromatic carbocycles. The van der Waals surface area contributed by atoms with Crippen molar-refractivity contribution >= 4 is 34.5 Å². The second-order valence-electron chi connectivity index (χ2n) is 5.99. The van der Waals surface area contributed by atoms with Crippen LogP contribution in [0, 0.1) is 0 Å². The molecule has 0 aliphatic rings. The first kappa shape index (κ1) is 18.9. The molecule has 27 heavy (non-hydrogen) atoms. The van der Waals surface area contributed by atoms with Crippen LogP contribution in [-0.2, 0) is 11.2 Å². The molecular weight excluding hydrogens is 364 g/mol. The maximum atomic E-state index is 12.1. The van der Waals surface area contributed by atoms with Crippen molar-refractivity contribution in [3.8, 4) is 11.5 Å². The molecule has 0 atom stereocenters. The Hall–Kier alpha value is -2.92. The maximum Gasteiger partial charge on any atom is 0.244 e. The van der Waals surface area contributed by atoms with Crippen LogP contribution in [-0.4, -0.2) is 31.7 Å². The average Bonchev–Trinajstić information content (AvgIpc) is 3.08. The first-order valence-corrected chi connectivity index (χ1v) is 8.92. The molecule has 0 radical (unpaired) electrons. The molecule has 0 fully saturated rings. The van der Waals surface area contributed by atoms with Gasteiger partial charge in [0.15, 0.2) is 11.5 Å². The van der Waals surface area contributed by atoms with Crippen LogP contribution in [0.2, 0.25) is 5.02 Å². The molecule has 0 saturated heterocycles. The fourth-order valence-corrected chi connectivity index (χ4v) is 3.04. The van der Waals surface area contributed by atoms with Crippen molar-refractivity contribution in [1.82, 2.24) is 10.3 Å². The molecule has 3 aromatic rings. The monoisotopic (exact) mass is 384 g/mol. The Balaban J connectivity index is 1.56. The van der Waals surface area contributed by atoms with Crippen molar-refractivity contribution in [1.29, 1.82) is 0 Å². The largest absolute Gasteiger partial charge is 0.493 e. The summed E-state index contributed by atoms with van der Waals surface area (Å²) < 4.78 is 10.5. The Morgan fingerprint density at radius 1 is 1.15 bits per heavy atom. The maximum absolute atomic E-state index is 12.1. The van der Waals surface area contributed by atoms with Crippen LogP contribution in [0.1, 0.15) is 11.1 Å². The standard InChI is InChI=1S/C21H21ClN2O3/c1-26-19-7-3-14(11-20(19)27-2)4-8-21(25)23-10-9-15-13-24-18-6-5-16(22)12-17(15)18/h3-8,11-13,24H,9-10H2,1-2H3,(H,23,25)/b8-4+. The predicted molar refractivity (Wildman–Crippen MR) is 109 cm³/mol. The summed E-state index contributed by atoms with van der Waals surface area (Å²) in [5.74, 6) is 1.12. The molecule has 5 nitrogen and oxygen atoms in total. The number of halogens is 1. The predicted octanol–water partition coefficient (Wildman–Crippen LogP) is 4.21. The van der Waals surface area contributed by atoms with Gasteiger partial charge in [-0.2, -0.15) is 0 Å². The van der Waals surface area contributed by atoms with Gasteiger partial charge in [-0.1, -0.05) is 17.7 Å². The molecule has 0 saturated carbocycles. The van der Waals surface area contributed by atoms with Crippen LogP contribution in [0.15, 0.2) is 48.7 Å². The van der Waals surface area contributed by atoms with E-state index in [-0.39, 0.29) is 5.91 Å². The van der Waals surface area contributed by atoms with E-state index in [0.29, 0.717) is 23.1 Å². The zero-order valence-electron chi connectivity index (χ0n) is 15.2. The minimum atomic E-state index is -0.150. The number of methoxy groups -OCH3 is 2. The van der Waals surface area contributed by atoms with Crippen molar-refractivity contribution in [2.75, 3.05) is 20.8 Å². The Morgan fingerprint density at radius 3 is 2.74 bits per heavy atom. The number of benzene rings is 2. The second kappa shape index (κ2) is 8.64. The lowest BCUT2D eigenvalue weighted by Crippen LogP contribution is -2.23. The number of hydrogen-bond donors (Lipinski definition) is 2. The summed E-state index contributed by atoms with van der Waals surface area (Å²) in [6.45, 7) is 0.536. The van der Waals surface area contributed by atoms with Gasteiger partial charge in [0, 0.05) is 34.7 Å². The smallest absolute Gasteiger partial charge is 0.244 e. The van der Waals surface area contributed by atoms with Crippen molar-refractivity contribution in [3.05, 3.63) is 64.8 Å². The van der Waals surface area contributed by atoms with Gasteiger partial charge in [-0.15, -0.1) is 0 Å². The van der Waals surface area contributed by atoms with E-state index in [0.717, 1.165) is 28.5 Å². The fourth-order valence-electron chi connectivity index (χ4n) is 2.87. The number of aromatic nitrogens is 1. The molecule has 3 rings (SSSR count). The minimum absolute atomic E-state index is 0.150. The lowest BCUT2D eigenvalue weighted by atomic mass is 10.1. The van der Waals surface area contributed by atoms with E-state index in [1.54, 1.807) is 26.4 Å². The molecule has 0 unspecified atom stereocenters. The van der Waals surface area contributed by atoms with Crippen LogP contribution < -0.4 is 14.8 Å². The zero-order valence-corrected chi connectivity index (χ0v) is 16.0. The normalized spacial score (nSPS) is 11.1. The third kappa shape index (κ3) is 4.63. The van der Waals surface area contributed by atoms with Gasteiger partial charge in [0.25, 0.3) is 0 Å². The Bertz CT molecular complexity index is 979. The van der Waals surface area contributed by atoms with Gasteiger partial charge in [-0.25, -0.2) is 0 Å². The SMILES string of the molecule is COc1ccc(/C=C/C(=O)NCCc2c[nH]c3ccc(Cl)cc23)cc1OC. The Labute approximate surface area is 162 Å². The molecular formula is C21H21ClN2O3. The van der Waals surface area contributed by atoms with Gasteiger partial charge in [0.1, 0.15) is 0 Å². The molecule has 2 N–H and O–H groups in total. The van der Waals surface area contributed by atoms with Gasteiger partial charge < -0.3 is 19.8 Å². The summed E-state index contributed by atoms with van der Waals surface area (Å²) >= 11 is 6.06. The topological polar surface area (TPSA) is 63.3 Å². The van der Waals surface area contributed by atoms with Gasteiger partial charge in [0.05, 0.1) is 14.2 Å². The highest BCUT2D eigenvalue weighted by Crippen LogP contribution is 2.28. The van der Waals surface area contributed by atoms with E-state index < -0.39 is 0 Å². The molecule has 1 aromatic heterocycles. The van der Waals surface area contributed by atoms with Crippen LogP contribution in [0.25, 0.3) is 17.0 Å². The second-order valence-corrected chi connectivity index (χ2v) is 6.43. The van der Waals surface area contributed by atoms with E-state index in [9.17, 15) is 4.79 Å². The number of amides is 1. The molecule has 0 bridgehead atoms. The number of carbonyl (C=O) groups excluding carboxylic acids is 1. The highest BCUT2D eigenvalue weighted by atomic mass is 35.5. The summed E-state index contributed by atoms with van der Waals surface area (Å²) in [5, 5.41) is 4.67.